The van der Waals surface area contributed by atoms with Crippen LogP contribution in [0.25, 0.3) is 0 Å². The van der Waals surface area contributed by atoms with Gasteiger partial charge in [0, 0.05) is 45.3 Å². The van der Waals surface area contributed by atoms with Gasteiger partial charge in [0.05, 0.1) is 24.8 Å². The third-order valence-electron chi connectivity index (χ3n) is 5.44. The van der Waals surface area contributed by atoms with Crippen molar-refractivity contribution in [3.05, 3.63) is 35.4 Å². The molecule has 2 N–H and O–H groups in total. The molecule has 2 fully saturated rings. The van der Waals surface area contributed by atoms with Crippen LogP contribution >= 0.6 is 24.0 Å². The molecule has 2 atom stereocenters. The number of ether oxygens (including phenoxy) is 1. The maximum atomic E-state index is 12.7. The van der Waals surface area contributed by atoms with Gasteiger partial charge in [-0.15, -0.1) is 24.0 Å². The van der Waals surface area contributed by atoms with E-state index >= 15 is 0 Å². The summed E-state index contributed by atoms with van der Waals surface area (Å²) in [6.45, 7) is 8.37. The fraction of sp³-hybridized carbons (Fsp3) is 0.667. The van der Waals surface area contributed by atoms with Gasteiger partial charge in [0.15, 0.2) is 5.96 Å². The average molecular weight is 555 g/mol. The third kappa shape index (κ3) is 8.39. The molecule has 3 rings (SSSR count). The molecule has 1 aromatic rings. The zero-order chi connectivity index (χ0) is 21.6. The van der Waals surface area contributed by atoms with Crippen molar-refractivity contribution in [3.8, 4) is 0 Å². The average Bonchev–Trinajstić information content (AvgIpc) is 3.13. The van der Waals surface area contributed by atoms with Crippen LogP contribution in [0.15, 0.2) is 29.3 Å². The smallest absolute Gasteiger partial charge is 0.374 e. The van der Waals surface area contributed by atoms with Gasteiger partial charge >= 0.3 is 6.18 Å². The van der Waals surface area contributed by atoms with Gasteiger partial charge in [0.25, 0.3) is 0 Å². The van der Waals surface area contributed by atoms with Crippen molar-refractivity contribution in [3.63, 3.8) is 0 Å². The fourth-order valence-corrected chi connectivity index (χ4v) is 3.84. The quantitative estimate of drug-likeness (QED) is 0.322. The van der Waals surface area contributed by atoms with E-state index in [0.717, 1.165) is 69.4 Å². The molecule has 0 aromatic heterocycles. The Labute approximate surface area is 199 Å². The van der Waals surface area contributed by atoms with Crippen LogP contribution in [0.5, 0.6) is 0 Å². The summed E-state index contributed by atoms with van der Waals surface area (Å²) in [5, 5.41) is 6.78. The Hall–Kier alpha value is -1.11. The number of nitrogens with zero attached hydrogens (tertiary/aromatic N) is 3. The Bertz CT molecular complexity index is 701. The van der Waals surface area contributed by atoms with E-state index in [-0.39, 0.29) is 36.1 Å². The lowest BCUT2D eigenvalue weighted by Crippen LogP contribution is -2.46. The maximum Gasteiger partial charge on any atom is 0.416 e. The standard InChI is InChI=1S/C21H32F3N5O.HI/c1-3-25-20(26-12-19-15-28(2)10-11-30-19)27-18-8-9-29(14-18)13-16-4-6-17(7-5-16)21(22,23)24;/h4-7,18-19H,3,8-15H2,1-2H3,(H2,25,26,27);1H. The minimum atomic E-state index is -4.29. The molecule has 1 aromatic carbocycles. The van der Waals surface area contributed by atoms with Crippen molar-refractivity contribution >= 4 is 29.9 Å². The van der Waals surface area contributed by atoms with Crippen LogP contribution in [0.3, 0.4) is 0 Å². The lowest BCUT2D eigenvalue weighted by molar-refractivity contribution is -0.137. The van der Waals surface area contributed by atoms with Crippen LogP contribution < -0.4 is 10.6 Å². The normalized spacial score (nSPS) is 23.5. The summed E-state index contributed by atoms with van der Waals surface area (Å²) < 4.78 is 43.9. The van der Waals surface area contributed by atoms with E-state index < -0.39 is 11.7 Å². The number of rotatable bonds is 6. The lowest BCUT2D eigenvalue weighted by atomic mass is 10.1. The largest absolute Gasteiger partial charge is 0.416 e. The van der Waals surface area contributed by atoms with Gasteiger partial charge in [-0.05, 0) is 38.1 Å². The topological polar surface area (TPSA) is 52.1 Å². The van der Waals surface area contributed by atoms with Crippen molar-refractivity contribution in [1.29, 1.82) is 0 Å². The number of likely N-dealkylation sites (tertiary alicyclic amines) is 1. The van der Waals surface area contributed by atoms with E-state index in [2.05, 4.69) is 27.5 Å². The monoisotopic (exact) mass is 555 g/mol. The molecule has 0 radical (unpaired) electrons. The van der Waals surface area contributed by atoms with Crippen LogP contribution in [0.4, 0.5) is 13.2 Å². The summed E-state index contributed by atoms with van der Waals surface area (Å²) in [6.07, 6.45) is -3.21. The third-order valence-corrected chi connectivity index (χ3v) is 5.44. The number of likely N-dealkylation sites (N-methyl/N-ethyl adjacent to an activating group) is 1. The summed E-state index contributed by atoms with van der Waals surface area (Å²) in [4.78, 5) is 9.20. The van der Waals surface area contributed by atoms with Gasteiger partial charge < -0.3 is 20.3 Å². The predicted molar refractivity (Wildman–Crippen MR) is 127 cm³/mol. The molecule has 0 saturated carbocycles. The molecular weight excluding hydrogens is 522 g/mol. The second kappa shape index (κ2) is 12.2. The summed E-state index contributed by atoms with van der Waals surface area (Å²) >= 11 is 0. The number of nitrogens with one attached hydrogen (secondary N) is 2. The molecular formula is C21H33F3IN5O. The van der Waals surface area contributed by atoms with Gasteiger partial charge in [-0.1, -0.05) is 12.1 Å². The van der Waals surface area contributed by atoms with Crippen molar-refractivity contribution in [1.82, 2.24) is 20.4 Å². The van der Waals surface area contributed by atoms with E-state index in [0.29, 0.717) is 13.1 Å². The Morgan fingerprint density at radius 1 is 1.19 bits per heavy atom. The second-order valence-corrected chi connectivity index (χ2v) is 8.03. The number of benzene rings is 1. The summed E-state index contributed by atoms with van der Waals surface area (Å²) in [7, 11) is 2.09. The zero-order valence-corrected chi connectivity index (χ0v) is 20.5. The maximum absolute atomic E-state index is 12.7. The van der Waals surface area contributed by atoms with Gasteiger partial charge in [-0.25, -0.2) is 0 Å². The molecule has 6 nitrogen and oxygen atoms in total. The zero-order valence-electron chi connectivity index (χ0n) is 18.1. The molecule has 0 aliphatic carbocycles. The summed E-state index contributed by atoms with van der Waals surface area (Å²) in [6, 6.07) is 5.70. The van der Waals surface area contributed by atoms with Crippen LogP contribution in [0.2, 0.25) is 0 Å². The highest BCUT2D eigenvalue weighted by molar-refractivity contribution is 14.0. The van der Waals surface area contributed by atoms with E-state index in [9.17, 15) is 13.2 Å². The lowest BCUT2D eigenvalue weighted by Gasteiger charge is -2.29. The Balaban J connectivity index is 0.00000341. The summed E-state index contributed by atoms with van der Waals surface area (Å²) in [5.74, 6) is 0.788. The van der Waals surface area contributed by atoms with Gasteiger partial charge in [-0.2, -0.15) is 13.2 Å². The molecule has 2 unspecified atom stereocenters. The first-order valence-electron chi connectivity index (χ1n) is 10.6. The van der Waals surface area contributed by atoms with Crippen molar-refractivity contribution < 1.29 is 17.9 Å². The van der Waals surface area contributed by atoms with Gasteiger partial charge in [0.1, 0.15) is 0 Å². The van der Waals surface area contributed by atoms with Gasteiger partial charge in [0.2, 0.25) is 0 Å². The minimum Gasteiger partial charge on any atom is -0.374 e. The molecule has 0 amide bonds. The number of hydrogen-bond donors (Lipinski definition) is 2. The molecule has 0 bridgehead atoms. The molecule has 2 heterocycles. The van der Waals surface area contributed by atoms with Gasteiger partial charge in [-0.3, -0.25) is 9.89 Å². The highest BCUT2D eigenvalue weighted by atomic mass is 127. The number of morpholine rings is 1. The SMILES string of the molecule is CCNC(=NCC1CN(C)CCO1)NC1CCN(Cc2ccc(C(F)(F)F)cc2)C1.I. The predicted octanol–water partition coefficient (Wildman–Crippen LogP) is 2.78. The van der Waals surface area contributed by atoms with Crippen molar-refractivity contribution in [2.24, 2.45) is 4.99 Å². The van der Waals surface area contributed by atoms with E-state index in [4.69, 9.17) is 9.73 Å². The number of alkyl halides is 3. The number of aliphatic imine (C=N–C) groups is 1. The highest BCUT2D eigenvalue weighted by Gasteiger charge is 2.30. The number of hydrogen-bond acceptors (Lipinski definition) is 4. The molecule has 176 valence electrons. The van der Waals surface area contributed by atoms with Crippen LogP contribution in [-0.2, 0) is 17.5 Å². The Morgan fingerprint density at radius 2 is 1.94 bits per heavy atom. The first-order chi connectivity index (χ1) is 14.3. The van der Waals surface area contributed by atoms with E-state index in [1.165, 1.54) is 0 Å². The molecule has 0 spiro atoms. The molecule has 2 saturated heterocycles. The minimum absolute atomic E-state index is 0. The highest BCUT2D eigenvalue weighted by Crippen LogP contribution is 2.29. The number of guanidine groups is 1. The molecule has 31 heavy (non-hydrogen) atoms. The van der Waals surface area contributed by atoms with Crippen molar-refractivity contribution in [2.45, 2.75) is 38.2 Å². The van der Waals surface area contributed by atoms with E-state index in [1.807, 2.05) is 6.92 Å². The number of halogens is 4. The second-order valence-electron chi connectivity index (χ2n) is 8.03. The summed E-state index contributed by atoms with van der Waals surface area (Å²) in [5.41, 5.74) is 0.287. The Morgan fingerprint density at radius 3 is 2.58 bits per heavy atom. The molecule has 2 aliphatic heterocycles. The van der Waals surface area contributed by atoms with Crippen LogP contribution in [0, 0.1) is 0 Å². The molecule has 2 aliphatic rings. The Kier molecular flexibility index (Phi) is 10.3. The van der Waals surface area contributed by atoms with Crippen molar-refractivity contribution in [2.75, 3.05) is 52.9 Å². The van der Waals surface area contributed by atoms with Crippen LogP contribution in [0.1, 0.15) is 24.5 Å². The first-order valence-corrected chi connectivity index (χ1v) is 10.6. The molecule has 10 heteroatoms. The van der Waals surface area contributed by atoms with E-state index in [1.54, 1.807) is 12.1 Å². The fourth-order valence-electron chi connectivity index (χ4n) is 3.84. The van der Waals surface area contributed by atoms with Crippen LogP contribution in [-0.4, -0.2) is 80.8 Å². The first kappa shape index (κ1) is 26.1.